The van der Waals surface area contributed by atoms with Gasteiger partial charge < -0.3 is 0 Å². The summed E-state index contributed by atoms with van der Waals surface area (Å²) in [5, 5.41) is 10.3. The summed E-state index contributed by atoms with van der Waals surface area (Å²) < 4.78 is 0. The van der Waals surface area contributed by atoms with Gasteiger partial charge >= 0.3 is 0 Å². The SMILES string of the molecule is Cc1ccsc1C=Cc1n[nH]c(=O)c2ccccc12. The first-order chi connectivity index (χ1) is 9.25. The van der Waals surface area contributed by atoms with Gasteiger partial charge in [0.15, 0.2) is 0 Å². The molecule has 3 rings (SSSR count). The van der Waals surface area contributed by atoms with Crippen molar-refractivity contribution in [1.82, 2.24) is 10.2 Å². The number of hydrogen-bond donors (Lipinski definition) is 1. The number of hydrogen-bond acceptors (Lipinski definition) is 3. The van der Waals surface area contributed by atoms with E-state index in [0.717, 1.165) is 11.1 Å². The van der Waals surface area contributed by atoms with Crippen LogP contribution in [0.4, 0.5) is 0 Å². The number of benzene rings is 1. The zero-order valence-electron chi connectivity index (χ0n) is 10.4. The van der Waals surface area contributed by atoms with Crippen molar-refractivity contribution in [2.75, 3.05) is 0 Å². The molecule has 0 unspecified atom stereocenters. The third-order valence-corrected chi connectivity index (χ3v) is 4.00. The van der Waals surface area contributed by atoms with Gasteiger partial charge in [-0.15, -0.1) is 11.3 Å². The second-order valence-electron chi connectivity index (χ2n) is 4.28. The molecular formula is C15H12N2OS. The van der Waals surface area contributed by atoms with Crippen LogP contribution >= 0.6 is 11.3 Å². The summed E-state index contributed by atoms with van der Waals surface area (Å²) in [5.74, 6) is 0. The zero-order chi connectivity index (χ0) is 13.2. The maximum absolute atomic E-state index is 11.7. The third-order valence-electron chi connectivity index (χ3n) is 3.02. The summed E-state index contributed by atoms with van der Waals surface area (Å²) >= 11 is 1.69. The van der Waals surface area contributed by atoms with Crippen molar-refractivity contribution in [2.45, 2.75) is 6.92 Å². The van der Waals surface area contributed by atoms with Crippen molar-refractivity contribution in [3.8, 4) is 0 Å². The smallest absolute Gasteiger partial charge is 0.267 e. The van der Waals surface area contributed by atoms with Crippen LogP contribution < -0.4 is 5.56 Å². The van der Waals surface area contributed by atoms with Crippen LogP contribution in [0.5, 0.6) is 0 Å². The molecule has 0 aliphatic carbocycles. The van der Waals surface area contributed by atoms with Gasteiger partial charge in [-0.25, -0.2) is 5.10 Å². The van der Waals surface area contributed by atoms with Crippen LogP contribution in [0, 0.1) is 6.92 Å². The van der Waals surface area contributed by atoms with Crippen LogP contribution in [0.25, 0.3) is 22.9 Å². The third kappa shape index (κ3) is 2.22. The number of aromatic amines is 1. The predicted molar refractivity (Wildman–Crippen MR) is 80.3 cm³/mol. The van der Waals surface area contributed by atoms with Gasteiger partial charge in [0.2, 0.25) is 0 Å². The Morgan fingerprint density at radius 2 is 1.95 bits per heavy atom. The number of aryl methyl sites for hydroxylation is 1. The second kappa shape index (κ2) is 4.82. The molecule has 0 fully saturated rings. The molecule has 2 heterocycles. The van der Waals surface area contributed by atoms with Crippen LogP contribution in [0.15, 0.2) is 40.5 Å². The Hall–Kier alpha value is -2.20. The van der Waals surface area contributed by atoms with Crippen molar-refractivity contribution in [3.63, 3.8) is 0 Å². The lowest BCUT2D eigenvalue weighted by Crippen LogP contribution is -2.09. The van der Waals surface area contributed by atoms with E-state index in [2.05, 4.69) is 28.6 Å². The predicted octanol–water partition coefficient (Wildman–Crippen LogP) is 3.46. The van der Waals surface area contributed by atoms with Crippen molar-refractivity contribution in [2.24, 2.45) is 0 Å². The van der Waals surface area contributed by atoms with Gasteiger partial charge in [-0.1, -0.05) is 18.2 Å². The number of thiophene rings is 1. The highest BCUT2D eigenvalue weighted by molar-refractivity contribution is 7.11. The lowest BCUT2D eigenvalue weighted by atomic mass is 10.1. The molecule has 19 heavy (non-hydrogen) atoms. The first kappa shape index (κ1) is 11.9. The molecule has 1 N–H and O–H groups in total. The van der Waals surface area contributed by atoms with Crippen LogP contribution in [0.2, 0.25) is 0 Å². The van der Waals surface area contributed by atoms with Gasteiger partial charge in [-0.3, -0.25) is 4.79 Å². The second-order valence-corrected chi connectivity index (χ2v) is 5.23. The Morgan fingerprint density at radius 3 is 2.68 bits per heavy atom. The van der Waals surface area contributed by atoms with Crippen LogP contribution in [-0.4, -0.2) is 10.2 Å². The number of aromatic nitrogens is 2. The topological polar surface area (TPSA) is 45.8 Å². The number of nitrogens with one attached hydrogen (secondary N) is 1. The van der Waals surface area contributed by atoms with Crippen LogP contribution in [0.3, 0.4) is 0 Å². The monoisotopic (exact) mass is 268 g/mol. The molecule has 0 saturated carbocycles. The minimum atomic E-state index is -0.153. The Bertz CT molecular complexity index is 814. The van der Waals surface area contributed by atoms with Crippen LogP contribution in [-0.2, 0) is 0 Å². The van der Waals surface area contributed by atoms with Crippen LogP contribution in [0.1, 0.15) is 16.1 Å². The normalized spacial score (nSPS) is 11.4. The molecule has 0 radical (unpaired) electrons. The molecule has 0 spiro atoms. The fourth-order valence-corrected chi connectivity index (χ4v) is 2.79. The molecule has 0 aliphatic heterocycles. The molecule has 0 saturated heterocycles. The summed E-state index contributed by atoms with van der Waals surface area (Å²) in [6, 6.07) is 9.58. The molecule has 0 atom stereocenters. The molecule has 0 bridgehead atoms. The lowest BCUT2D eigenvalue weighted by Gasteiger charge is -1.99. The molecule has 3 aromatic rings. The van der Waals surface area contributed by atoms with Crippen molar-refractivity contribution < 1.29 is 0 Å². The lowest BCUT2D eigenvalue weighted by molar-refractivity contribution is 1.00. The van der Waals surface area contributed by atoms with E-state index in [0.29, 0.717) is 5.39 Å². The molecule has 0 amide bonds. The molecule has 3 nitrogen and oxygen atoms in total. The zero-order valence-corrected chi connectivity index (χ0v) is 11.2. The molecule has 4 heteroatoms. The fraction of sp³-hybridized carbons (Fsp3) is 0.0667. The molecule has 94 valence electrons. The van der Waals surface area contributed by atoms with Crippen molar-refractivity contribution in [1.29, 1.82) is 0 Å². The minimum Gasteiger partial charge on any atom is -0.267 e. The largest absolute Gasteiger partial charge is 0.272 e. The first-order valence-corrected chi connectivity index (χ1v) is 6.83. The summed E-state index contributed by atoms with van der Waals surface area (Å²) in [6.45, 7) is 2.08. The highest BCUT2D eigenvalue weighted by atomic mass is 32.1. The highest BCUT2D eigenvalue weighted by Gasteiger charge is 2.03. The Labute approximate surface area is 114 Å². The molecule has 0 aliphatic rings. The Kier molecular flexibility index (Phi) is 3.01. The summed E-state index contributed by atoms with van der Waals surface area (Å²) in [5.41, 5.74) is 1.87. The minimum absolute atomic E-state index is 0.153. The maximum Gasteiger partial charge on any atom is 0.272 e. The van der Waals surface area contributed by atoms with Gasteiger partial charge in [0.1, 0.15) is 0 Å². The molecule has 2 aromatic heterocycles. The quantitative estimate of drug-likeness (QED) is 0.773. The number of rotatable bonds is 2. The van der Waals surface area contributed by atoms with Crippen molar-refractivity contribution >= 4 is 34.3 Å². The molecular weight excluding hydrogens is 256 g/mol. The number of nitrogens with zero attached hydrogens (tertiary/aromatic N) is 1. The van der Waals surface area contributed by atoms with E-state index in [1.807, 2.05) is 36.4 Å². The first-order valence-electron chi connectivity index (χ1n) is 5.95. The summed E-state index contributed by atoms with van der Waals surface area (Å²) in [6.07, 6.45) is 3.98. The van der Waals surface area contributed by atoms with Gasteiger partial charge in [-0.2, -0.15) is 5.10 Å². The van der Waals surface area contributed by atoms with E-state index >= 15 is 0 Å². The van der Waals surface area contributed by atoms with Crippen molar-refractivity contribution in [3.05, 3.63) is 62.2 Å². The van der Waals surface area contributed by atoms with E-state index in [1.165, 1.54) is 10.4 Å². The summed E-state index contributed by atoms with van der Waals surface area (Å²) in [7, 11) is 0. The Balaban J connectivity index is 2.12. The van der Waals surface area contributed by atoms with E-state index in [1.54, 1.807) is 11.3 Å². The van der Waals surface area contributed by atoms with E-state index in [-0.39, 0.29) is 5.56 Å². The molecule has 1 aromatic carbocycles. The van der Waals surface area contributed by atoms with E-state index in [9.17, 15) is 4.79 Å². The van der Waals surface area contributed by atoms with Gasteiger partial charge in [0.25, 0.3) is 5.56 Å². The average molecular weight is 268 g/mol. The maximum atomic E-state index is 11.7. The number of fused-ring (bicyclic) bond motifs is 1. The average Bonchev–Trinajstić information content (AvgIpc) is 2.84. The standard InChI is InChI=1S/C15H12N2OS/c1-10-8-9-19-14(10)7-6-13-11-4-2-3-5-12(11)15(18)17-16-13/h2-9H,1H3,(H,17,18). The van der Waals surface area contributed by atoms with Gasteiger partial charge in [0.05, 0.1) is 11.1 Å². The Morgan fingerprint density at radius 1 is 1.16 bits per heavy atom. The number of H-pyrrole nitrogens is 1. The highest BCUT2D eigenvalue weighted by Crippen LogP contribution is 2.20. The van der Waals surface area contributed by atoms with Gasteiger partial charge in [-0.05, 0) is 42.2 Å². The fourth-order valence-electron chi connectivity index (χ4n) is 1.97. The van der Waals surface area contributed by atoms with Gasteiger partial charge in [0, 0.05) is 10.3 Å². The summed E-state index contributed by atoms with van der Waals surface area (Å²) in [4.78, 5) is 12.9. The van der Waals surface area contributed by atoms with E-state index in [4.69, 9.17) is 0 Å². The van der Waals surface area contributed by atoms with E-state index < -0.39 is 0 Å².